The largest absolute Gasteiger partial charge is 0.353 e. The quantitative estimate of drug-likeness (QED) is 0.826. The number of carbonyl (C=O) groups is 2. The van der Waals surface area contributed by atoms with Gasteiger partial charge >= 0.3 is 0 Å². The highest BCUT2D eigenvalue weighted by Crippen LogP contribution is 2.29. The van der Waals surface area contributed by atoms with Crippen LogP contribution in [0.25, 0.3) is 0 Å². The van der Waals surface area contributed by atoms with Crippen LogP contribution in [0.3, 0.4) is 0 Å². The molecule has 0 fully saturated rings. The average molecular weight is 246 g/mol. The second kappa shape index (κ2) is 5.21. The predicted octanol–water partition coefficient (Wildman–Crippen LogP) is 1.31. The maximum atomic E-state index is 11.3. The molecule has 1 aromatic carbocycles. The van der Waals surface area contributed by atoms with Gasteiger partial charge in [0.05, 0.1) is 6.04 Å². The van der Waals surface area contributed by atoms with Crippen LogP contribution in [0.5, 0.6) is 0 Å². The zero-order valence-electron chi connectivity index (χ0n) is 10.7. The Bertz CT molecular complexity index is 471. The molecule has 0 unspecified atom stereocenters. The lowest BCUT2D eigenvalue weighted by atomic mass is 9.84. The van der Waals surface area contributed by atoms with Crippen molar-refractivity contribution in [2.45, 2.75) is 38.8 Å². The molecule has 1 aliphatic rings. The SMILES string of the molecule is CC(=O)N[C@@H]1Cc2ccccc2[C@@H](NC(C)=O)C1. The van der Waals surface area contributed by atoms with Crippen LogP contribution < -0.4 is 10.6 Å². The summed E-state index contributed by atoms with van der Waals surface area (Å²) in [5.74, 6) is -0.0702. The van der Waals surface area contributed by atoms with Crippen LogP contribution in [0.1, 0.15) is 37.4 Å². The topological polar surface area (TPSA) is 58.2 Å². The summed E-state index contributed by atoms with van der Waals surface area (Å²) in [6.07, 6.45) is 1.57. The van der Waals surface area contributed by atoms with E-state index in [-0.39, 0.29) is 23.9 Å². The minimum Gasteiger partial charge on any atom is -0.353 e. The van der Waals surface area contributed by atoms with Crippen molar-refractivity contribution < 1.29 is 9.59 Å². The van der Waals surface area contributed by atoms with Crippen molar-refractivity contribution in [3.63, 3.8) is 0 Å². The van der Waals surface area contributed by atoms with Crippen molar-refractivity contribution in [1.82, 2.24) is 10.6 Å². The smallest absolute Gasteiger partial charge is 0.217 e. The molecule has 0 saturated carbocycles. The molecule has 4 nitrogen and oxygen atoms in total. The highest BCUT2D eigenvalue weighted by molar-refractivity contribution is 5.74. The lowest BCUT2D eigenvalue weighted by molar-refractivity contribution is -0.119. The number of hydrogen-bond donors (Lipinski definition) is 2. The van der Waals surface area contributed by atoms with Gasteiger partial charge in [0.25, 0.3) is 0 Å². The number of amides is 2. The van der Waals surface area contributed by atoms with E-state index in [1.807, 2.05) is 18.2 Å². The number of carbonyl (C=O) groups excluding carboxylic acids is 2. The molecule has 0 radical (unpaired) electrons. The summed E-state index contributed by atoms with van der Waals surface area (Å²) >= 11 is 0. The molecular weight excluding hydrogens is 228 g/mol. The van der Waals surface area contributed by atoms with Gasteiger partial charge in [-0.15, -0.1) is 0 Å². The van der Waals surface area contributed by atoms with E-state index in [0.29, 0.717) is 0 Å². The second-order valence-electron chi connectivity index (χ2n) is 4.79. The van der Waals surface area contributed by atoms with Gasteiger partial charge in [-0.3, -0.25) is 9.59 Å². The summed E-state index contributed by atoms with van der Waals surface area (Å²) in [5.41, 5.74) is 2.36. The second-order valence-corrected chi connectivity index (χ2v) is 4.79. The third-order valence-corrected chi connectivity index (χ3v) is 3.20. The first-order valence-corrected chi connectivity index (χ1v) is 6.18. The molecule has 4 heteroatoms. The fourth-order valence-electron chi connectivity index (χ4n) is 2.60. The third-order valence-electron chi connectivity index (χ3n) is 3.20. The highest BCUT2D eigenvalue weighted by atomic mass is 16.2. The Morgan fingerprint density at radius 2 is 1.78 bits per heavy atom. The van der Waals surface area contributed by atoms with Crippen molar-refractivity contribution in [3.05, 3.63) is 35.4 Å². The zero-order chi connectivity index (χ0) is 13.1. The Hall–Kier alpha value is -1.84. The molecule has 2 N–H and O–H groups in total. The number of benzene rings is 1. The van der Waals surface area contributed by atoms with Crippen LogP contribution >= 0.6 is 0 Å². The molecule has 1 aromatic rings. The van der Waals surface area contributed by atoms with Crippen LogP contribution in [-0.2, 0) is 16.0 Å². The van der Waals surface area contributed by atoms with Gasteiger partial charge in [-0.05, 0) is 24.0 Å². The van der Waals surface area contributed by atoms with Crippen molar-refractivity contribution >= 4 is 11.8 Å². The molecular formula is C14H18N2O2. The summed E-state index contributed by atoms with van der Waals surface area (Å²) in [5, 5.41) is 5.89. The first-order chi connectivity index (χ1) is 8.56. The Kier molecular flexibility index (Phi) is 3.65. The van der Waals surface area contributed by atoms with E-state index in [1.165, 1.54) is 19.4 Å². The van der Waals surface area contributed by atoms with Crippen molar-refractivity contribution in [2.24, 2.45) is 0 Å². The normalized spacial score (nSPS) is 21.9. The molecule has 2 amide bonds. The Morgan fingerprint density at radius 3 is 2.44 bits per heavy atom. The van der Waals surface area contributed by atoms with Crippen molar-refractivity contribution in [1.29, 1.82) is 0 Å². The first kappa shape index (κ1) is 12.6. The fraction of sp³-hybridized carbons (Fsp3) is 0.429. The van der Waals surface area contributed by atoms with Gasteiger partial charge in [-0.1, -0.05) is 24.3 Å². The first-order valence-electron chi connectivity index (χ1n) is 6.18. The molecule has 0 aromatic heterocycles. The molecule has 96 valence electrons. The maximum Gasteiger partial charge on any atom is 0.217 e. The highest BCUT2D eigenvalue weighted by Gasteiger charge is 2.27. The van der Waals surface area contributed by atoms with Crippen LogP contribution in [0.4, 0.5) is 0 Å². The maximum absolute atomic E-state index is 11.3. The summed E-state index contributed by atoms with van der Waals surface area (Å²) < 4.78 is 0. The lowest BCUT2D eigenvalue weighted by Crippen LogP contribution is -2.42. The van der Waals surface area contributed by atoms with Gasteiger partial charge in [-0.25, -0.2) is 0 Å². The lowest BCUT2D eigenvalue weighted by Gasteiger charge is -2.32. The van der Waals surface area contributed by atoms with Gasteiger partial charge in [0, 0.05) is 19.9 Å². The van der Waals surface area contributed by atoms with E-state index < -0.39 is 0 Å². The minimum absolute atomic E-state index is 0.00991. The molecule has 0 aliphatic heterocycles. The Labute approximate surface area is 107 Å². The van der Waals surface area contributed by atoms with Crippen LogP contribution in [-0.4, -0.2) is 17.9 Å². The van der Waals surface area contributed by atoms with Crippen LogP contribution in [0, 0.1) is 0 Å². The molecule has 2 rings (SSSR count). The molecule has 18 heavy (non-hydrogen) atoms. The molecule has 0 saturated heterocycles. The molecule has 0 bridgehead atoms. The van der Waals surface area contributed by atoms with Gasteiger partial charge in [0.2, 0.25) is 11.8 Å². The molecule has 1 aliphatic carbocycles. The van der Waals surface area contributed by atoms with E-state index in [4.69, 9.17) is 0 Å². The van der Waals surface area contributed by atoms with Gasteiger partial charge in [-0.2, -0.15) is 0 Å². The van der Waals surface area contributed by atoms with Crippen molar-refractivity contribution in [3.8, 4) is 0 Å². The van der Waals surface area contributed by atoms with Gasteiger partial charge < -0.3 is 10.6 Å². The van der Waals surface area contributed by atoms with E-state index in [0.717, 1.165) is 18.4 Å². The molecule has 0 spiro atoms. The van der Waals surface area contributed by atoms with Gasteiger partial charge in [0.15, 0.2) is 0 Å². The minimum atomic E-state index is -0.0433. The Morgan fingerprint density at radius 1 is 1.11 bits per heavy atom. The summed E-state index contributed by atoms with van der Waals surface area (Å²) in [6.45, 7) is 3.04. The molecule has 2 atom stereocenters. The Balaban J connectivity index is 2.23. The zero-order valence-corrected chi connectivity index (χ0v) is 10.7. The van der Waals surface area contributed by atoms with Crippen molar-refractivity contribution in [2.75, 3.05) is 0 Å². The van der Waals surface area contributed by atoms with Crippen LogP contribution in [0.15, 0.2) is 24.3 Å². The van der Waals surface area contributed by atoms with E-state index in [1.54, 1.807) is 0 Å². The standard InChI is InChI=1S/C14H18N2O2/c1-9(17)15-12-7-11-5-3-4-6-13(11)14(8-12)16-10(2)18/h3-6,12,14H,7-8H2,1-2H3,(H,15,17)(H,16,18)/t12-,14+/m1/s1. The predicted molar refractivity (Wildman–Crippen MR) is 68.9 cm³/mol. The molecule has 0 heterocycles. The van der Waals surface area contributed by atoms with Crippen LogP contribution in [0.2, 0.25) is 0 Å². The summed E-state index contributed by atoms with van der Waals surface area (Å²) in [7, 11) is 0. The number of rotatable bonds is 2. The third kappa shape index (κ3) is 2.88. The monoisotopic (exact) mass is 246 g/mol. The summed E-state index contributed by atoms with van der Waals surface area (Å²) in [6, 6.07) is 8.14. The summed E-state index contributed by atoms with van der Waals surface area (Å²) in [4.78, 5) is 22.4. The van der Waals surface area contributed by atoms with Gasteiger partial charge in [0.1, 0.15) is 0 Å². The number of nitrogens with one attached hydrogen (secondary N) is 2. The number of hydrogen-bond acceptors (Lipinski definition) is 2. The van der Waals surface area contributed by atoms with E-state index in [9.17, 15) is 9.59 Å². The average Bonchev–Trinajstić information content (AvgIpc) is 2.27. The fourth-order valence-corrected chi connectivity index (χ4v) is 2.60. The van der Waals surface area contributed by atoms with E-state index in [2.05, 4.69) is 16.7 Å². The number of fused-ring (bicyclic) bond motifs is 1. The van der Waals surface area contributed by atoms with E-state index >= 15 is 0 Å².